The molecule has 200 valence electrons. The number of nitrogens with one attached hydrogen (secondary N) is 2. The number of carbonyl (C=O) groups is 2. The third kappa shape index (κ3) is 5.33. The molecule has 0 aliphatic carbocycles. The molecule has 3 aromatic carbocycles. The van der Waals surface area contributed by atoms with Gasteiger partial charge in [-0.2, -0.15) is 0 Å². The van der Waals surface area contributed by atoms with Crippen molar-refractivity contribution in [2.75, 3.05) is 23.1 Å². The fourth-order valence-electron chi connectivity index (χ4n) is 4.27. The summed E-state index contributed by atoms with van der Waals surface area (Å²) < 4.78 is 68.8. The van der Waals surface area contributed by atoms with Crippen LogP contribution in [-0.2, 0) is 14.6 Å². The van der Waals surface area contributed by atoms with Crippen LogP contribution < -0.4 is 15.5 Å². The molecule has 8 nitrogen and oxygen atoms in total. The number of nitrogens with zero attached hydrogens (tertiary/aromatic N) is 1. The van der Waals surface area contributed by atoms with Crippen molar-refractivity contribution in [2.24, 2.45) is 0 Å². The molecule has 4 rings (SSSR count). The smallest absolute Gasteiger partial charge is 0.319 e. The highest BCUT2D eigenvalue weighted by molar-refractivity contribution is 7.90. The summed E-state index contributed by atoms with van der Waals surface area (Å²) in [5.41, 5.74) is -1.10. The average molecular weight is 568 g/mol. The molecule has 1 fully saturated rings. The van der Waals surface area contributed by atoms with Crippen LogP contribution in [0, 0.1) is 17.5 Å². The molecule has 1 saturated heterocycles. The minimum atomic E-state index is -3.77. The second kappa shape index (κ2) is 10.6. The zero-order chi connectivity index (χ0) is 27.8. The summed E-state index contributed by atoms with van der Waals surface area (Å²) in [5.74, 6) is -4.48. The highest BCUT2D eigenvalue weighted by Gasteiger charge is 2.42. The van der Waals surface area contributed by atoms with Crippen molar-refractivity contribution >= 4 is 44.8 Å². The van der Waals surface area contributed by atoms with Crippen molar-refractivity contribution in [3.8, 4) is 11.1 Å². The predicted molar refractivity (Wildman–Crippen MR) is 135 cm³/mol. The SMILES string of the molecule is CS(=O)(=O)c1ccccc1-c1ccc(N2C(=O)[C@H](NC(=O)Nc3ccc(Cl)cc3F)C[C@H]2CO)c(F)c1F. The van der Waals surface area contributed by atoms with E-state index in [9.17, 15) is 27.5 Å². The Morgan fingerprint density at radius 2 is 1.79 bits per heavy atom. The first-order valence-corrected chi connectivity index (χ1v) is 13.4. The number of carbonyl (C=O) groups excluding carboxylic acids is 2. The van der Waals surface area contributed by atoms with E-state index in [1.807, 2.05) is 0 Å². The monoisotopic (exact) mass is 567 g/mol. The number of urea groups is 1. The van der Waals surface area contributed by atoms with E-state index in [1.54, 1.807) is 0 Å². The third-order valence-electron chi connectivity index (χ3n) is 6.00. The maximum atomic E-state index is 15.3. The van der Waals surface area contributed by atoms with E-state index < -0.39 is 63.6 Å². The van der Waals surface area contributed by atoms with Gasteiger partial charge in [0, 0.05) is 22.4 Å². The summed E-state index contributed by atoms with van der Waals surface area (Å²) in [6, 6.07) is 8.09. The van der Waals surface area contributed by atoms with Crippen LogP contribution >= 0.6 is 11.6 Å². The van der Waals surface area contributed by atoms with Gasteiger partial charge in [-0.15, -0.1) is 0 Å². The largest absolute Gasteiger partial charge is 0.394 e. The third-order valence-corrected chi connectivity index (χ3v) is 7.39. The predicted octanol–water partition coefficient (Wildman–Crippen LogP) is 4.12. The molecule has 3 N–H and O–H groups in total. The number of aliphatic hydroxyl groups excluding tert-OH is 1. The van der Waals surface area contributed by atoms with E-state index in [2.05, 4.69) is 10.6 Å². The van der Waals surface area contributed by atoms with Crippen LogP contribution in [0.25, 0.3) is 11.1 Å². The number of anilines is 2. The summed E-state index contributed by atoms with van der Waals surface area (Å²) in [6.07, 6.45) is 0.791. The Morgan fingerprint density at radius 1 is 1.08 bits per heavy atom. The van der Waals surface area contributed by atoms with E-state index in [-0.39, 0.29) is 33.2 Å². The highest BCUT2D eigenvalue weighted by atomic mass is 35.5. The van der Waals surface area contributed by atoms with E-state index >= 15 is 8.78 Å². The topological polar surface area (TPSA) is 116 Å². The van der Waals surface area contributed by atoms with E-state index in [4.69, 9.17) is 11.6 Å². The van der Waals surface area contributed by atoms with Gasteiger partial charge < -0.3 is 20.6 Å². The number of halogens is 4. The molecular formula is C25H21ClF3N3O5S. The fraction of sp³-hybridized carbons (Fsp3) is 0.200. The van der Waals surface area contributed by atoms with Crippen molar-refractivity contribution in [3.63, 3.8) is 0 Å². The molecule has 1 aliphatic rings. The summed E-state index contributed by atoms with van der Waals surface area (Å²) in [6.45, 7) is -0.628. The van der Waals surface area contributed by atoms with Gasteiger partial charge in [-0.25, -0.2) is 26.4 Å². The maximum Gasteiger partial charge on any atom is 0.319 e. The molecule has 0 aromatic heterocycles. The molecule has 0 bridgehead atoms. The first kappa shape index (κ1) is 27.4. The van der Waals surface area contributed by atoms with Crippen molar-refractivity contribution in [3.05, 3.63) is 77.1 Å². The summed E-state index contributed by atoms with van der Waals surface area (Å²) in [4.78, 5) is 26.1. The Labute approximate surface area is 220 Å². The molecule has 3 aromatic rings. The minimum Gasteiger partial charge on any atom is -0.394 e. The van der Waals surface area contributed by atoms with Crippen LogP contribution in [-0.4, -0.2) is 50.4 Å². The number of hydrogen-bond acceptors (Lipinski definition) is 5. The van der Waals surface area contributed by atoms with Gasteiger partial charge in [0.15, 0.2) is 21.5 Å². The molecule has 3 amide bonds. The van der Waals surface area contributed by atoms with E-state index in [0.29, 0.717) is 0 Å². The van der Waals surface area contributed by atoms with Crippen molar-refractivity contribution < 1.29 is 36.3 Å². The average Bonchev–Trinajstić information content (AvgIpc) is 3.16. The number of aliphatic hydroxyl groups is 1. The Hall–Kier alpha value is -3.61. The van der Waals surface area contributed by atoms with Gasteiger partial charge in [0.2, 0.25) is 5.91 Å². The first-order chi connectivity index (χ1) is 17.9. The number of benzene rings is 3. The van der Waals surface area contributed by atoms with Crippen molar-refractivity contribution in [1.82, 2.24) is 5.32 Å². The van der Waals surface area contributed by atoms with Crippen LogP contribution in [0.2, 0.25) is 5.02 Å². The van der Waals surface area contributed by atoms with Crippen LogP contribution in [0.15, 0.2) is 59.5 Å². The van der Waals surface area contributed by atoms with Crippen LogP contribution in [0.3, 0.4) is 0 Å². The molecule has 0 radical (unpaired) electrons. The van der Waals surface area contributed by atoms with Crippen LogP contribution in [0.5, 0.6) is 0 Å². The van der Waals surface area contributed by atoms with Gasteiger partial charge in [-0.05, 0) is 42.8 Å². The number of amides is 3. The molecule has 0 unspecified atom stereocenters. The molecular weight excluding hydrogens is 547 g/mol. The van der Waals surface area contributed by atoms with Gasteiger partial charge in [0.05, 0.1) is 28.9 Å². The Balaban J connectivity index is 1.61. The molecule has 0 spiro atoms. The Bertz CT molecular complexity index is 1540. The molecule has 13 heteroatoms. The van der Waals surface area contributed by atoms with Crippen molar-refractivity contribution in [1.29, 1.82) is 0 Å². The van der Waals surface area contributed by atoms with E-state index in [0.717, 1.165) is 29.4 Å². The molecule has 38 heavy (non-hydrogen) atoms. The Morgan fingerprint density at radius 3 is 2.45 bits per heavy atom. The standard InChI is InChI=1S/C25H21ClF3N3O5S/c1-38(36,37)21-5-3-2-4-15(21)16-7-9-20(23(29)22(16)28)32-14(12-33)11-19(24(32)34)31-25(35)30-18-8-6-13(26)10-17(18)27/h2-10,14,19,33H,11-12H2,1H3,(H2,30,31,35)/t14-,19+/m0/s1. The van der Waals surface area contributed by atoms with Gasteiger partial charge >= 0.3 is 6.03 Å². The molecule has 1 aliphatic heterocycles. The first-order valence-electron chi connectivity index (χ1n) is 11.2. The summed E-state index contributed by atoms with van der Waals surface area (Å²) >= 11 is 5.69. The lowest BCUT2D eigenvalue weighted by Crippen LogP contribution is -2.44. The van der Waals surface area contributed by atoms with Gasteiger partial charge in [0.1, 0.15) is 11.9 Å². The lowest BCUT2D eigenvalue weighted by atomic mass is 10.0. The quantitative estimate of drug-likeness (QED) is 0.414. The van der Waals surface area contributed by atoms with Crippen LogP contribution in [0.4, 0.5) is 29.3 Å². The second-order valence-electron chi connectivity index (χ2n) is 8.58. The van der Waals surface area contributed by atoms with Gasteiger partial charge in [0.25, 0.3) is 0 Å². The fourth-order valence-corrected chi connectivity index (χ4v) is 5.33. The lowest BCUT2D eigenvalue weighted by molar-refractivity contribution is -0.118. The maximum absolute atomic E-state index is 15.3. The second-order valence-corrected chi connectivity index (χ2v) is 11.0. The highest BCUT2D eigenvalue weighted by Crippen LogP contribution is 2.36. The molecule has 2 atom stereocenters. The zero-order valence-corrected chi connectivity index (χ0v) is 21.3. The normalized spacial score (nSPS) is 17.5. The lowest BCUT2D eigenvalue weighted by Gasteiger charge is -2.24. The van der Waals surface area contributed by atoms with Gasteiger partial charge in [-0.1, -0.05) is 29.8 Å². The summed E-state index contributed by atoms with van der Waals surface area (Å²) in [5, 5.41) is 14.5. The Kier molecular flexibility index (Phi) is 7.68. The number of hydrogen-bond donors (Lipinski definition) is 3. The van der Waals surface area contributed by atoms with Gasteiger partial charge in [-0.3, -0.25) is 4.79 Å². The summed E-state index contributed by atoms with van der Waals surface area (Å²) in [7, 11) is -3.77. The van der Waals surface area contributed by atoms with E-state index in [1.165, 1.54) is 36.4 Å². The minimum absolute atomic E-state index is 0.0601. The number of sulfone groups is 1. The van der Waals surface area contributed by atoms with Crippen LogP contribution in [0.1, 0.15) is 6.42 Å². The molecule has 1 heterocycles. The zero-order valence-electron chi connectivity index (χ0n) is 19.7. The number of rotatable bonds is 6. The van der Waals surface area contributed by atoms with Crippen molar-refractivity contribution in [2.45, 2.75) is 23.4 Å². The molecule has 0 saturated carbocycles.